The maximum Gasteiger partial charge on any atom is 0.283 e. The molecule has 0 bridgehead atoms. The van der Waals surface area contributed by atoms with Crippen LogP contribution < -0.4 is 0 Å². The van der Waals surface area contributed by atoms with Gasteiger partial charge in [-0.1, -0.05) is 0 Å². The molecule has 18 heavy (non-hydrogen) atoms. The summed E-state index contributed by atoms with van der Waals surface area (Å²) in [4.78, 5) is 11.1. The molecule has 5 nitrogen and oxygen atoms in total. The molecule has 0 spiro atoms. The molecule has 0 unspecified atom stereocenters. The standard InChI is InChI=1S/C10H10F2N2O3S/c1-14(2)6-13-18(16,17)7-3-9(11)8(5-15)10(12)4-7/h3-6H,1-2H3/b13-6-. The smallest absolute Gasteiger partial charge is 0.283 e. The molecule has 0 aliphatic heterocycles. The number of aldehydes is 1. The molecule has 0 heterocycles. The molecule has 0 saturated heterocycles. The number of hydrogen-bond donors (Lipinski definition) is 0. The Labute approximate surface area is 103 Å². The van der Waals surface area contributed by atoms with Crippen LogP contribution in [0, 0.1) is 11.6 Å². The zero-order chi connectivity index (χ0) is 13.9. The first-order valence-electron chi connectivity index (χ1n) is 4.69. The monoisotopic (exact) mass is 276 g/mol. The van der Waals surface area contributed by atoms with Crippen LogP contribution in [0.15, 0.2) is 21.4 Å². The predicted molar refractivity (Wildman–Crippen MR) is 61.1 cm³/mol. The first-order valence-corrected chi connectivity index (χ1v) is 6.13. The van der Waals surface area contributed by atoms with Crippen molar-refractivity contribution in [3.05, 3.63) is 29.3 Å². The van der Waals surface area contributed by atoms with E-state index in [-0.39, 0.29) is 6.29 Å². The van der Waals surface area contributed by atoms with Crippen molar-refractivity contribution in [2.75, 3.05) is 14.1 Å². The number of nitrogens with zero attached hydrogens (tertiary/aromatic N) is 2. The third kappa shape index (κ3) is 3.10. The third-order valence-corrected chi connectivity index (χ3v) is 3.09. The van der Waals surface area contributed by atoms with Crippen molar-refractivity contribution in [1.82, 2.24) is 4.90 Å². The molecule has 0 amide bonds. The minimum atomic E-state index is -4.19. The van der Waals surface area contributed by atoms with Gasteiger partial charge in [-0.2, -0.15) is 8.42 Å². The second-order valence-corrected chi connectivity index (χ2v) is 5.21. The second kappa shape index (κ2) is 5.21. The Morgan fingerprint density at radius 3 is 2.11 bits per heavy atom. The molecule has 0 N–H and O–H groups in total. The van der Waals surface area contributed by atoms with Gasteiger partial charge in [-0.05, 0) is 12.1 Å². The Morgan fingerprint density at radius 2 is 1.72 bits per heavy atom. The summed E-state index contributed by atoms with van der Waals surface area (Å²) in [6.45, 7) is 0. The molecule has 8 heteroatoms. The zero-order valence-electron chi connectivity index (χ0n) is 9.59. The molecule has 0 aromatic heterocycles. The lowest BCUT2D eigenvalue weighted by atomic mass is 10.2. The quantitative estimate of drug-likeness (QED) is 0.468. The summed E-state index contributed by atoms with van der Waals surface area (Å²) in [5.41, 5.74) is -0.814. The van der Waals surface area contributed by atoms with E-state index in [1.165, 1.54) is 19.0 Å². The maximum atomic E-state index is 13.2. The number of sulfonamides is 1. The van der Waals surface area contributed by atoms with E-state index in [0.717, 1.165) is 6.34 Å². The van der Waals surface area contributed by atoms with E-state index in [0.29, 0.717) is 12.1 Å². The van der Waals surface area contributed by atoms with Crippen LogP contribution in [0.4, 0.5) is 8.78 Å². The van der Waals surface area contributed by atoms with Crippen molar-refractivity contribution in [3.63, 3.8) is 0 Å². The van der Waals surface area contributed by atoms with E-state index >= 15 is 0 Å². The van der Waals surface area contributed by atoms with Gasteiger partial charge in [-0.25, -0.2) is 8.78 Å². The highest BCUT2D eigenvalue weighted by atomic mass is 32.2. The van der Waals surface area contributed by atoms with Crippen LogP contribution in [0.25, 0.3) is 0 Å². The van der Waals surface area contributed by atoms with Gasteiger partial charge in [-0.15, -0.1) is 4.40 Å². The number of carbonyl (C=O) groups is 1. The van der Waals surface area contributed by atoms with Crippen molar-refractivity contribution in [1.29, 1.82) is 0 Å². The predicted octanol–water partition coefficient (Wildman–Crippen LogP) is 1.06. The molecular weight excluding hydrogens is 266 g/mol. The molecule has 98 valence electrons. The van der Waals surface area contributed by atoms with Crippen LogP contribution in [-0.4, -0.2) is 40.0 Å². The maximum absolute atomic E-state index is 13.2. The van der Waals surface area contributed by atoms with E-state index in [4.69, 9.17) is 0 Å². The molecule has 0 radical (unpaired) electrons. The summed E-state index contributed by atoms with van der Waals surface area (Å²) >= 11 is 0. The van der Waals surface area contributed by atoms with E-state index in [1.54, 1.807) is 0 Å². The molecule has 1 aromatic carbocycles. The van der Waals surface area contributed by atoms with Gasteiger partial charge in [-0.3, -0.25) is 4.79 Å². The van der Waals surface area contributed by atoms with E-state index in [1.807, 2.05) is 0 Å². The Hall–Kier alpha value is -1.83. The number of hydrogen-bond acceptors (Lipinski definition) is 3. The van der Waals surface area contributed by atoms with Crippen molar-refractivity contribution in [2.45, 2.75) is 4.90 Å². The van der Waals surface area contributed by atoms with Gasteiger partial charge < -0.3 is 4.90 Å². The number of carbonyl (C=O) groups excluding carboxylic acids is 1. The molecular formula is C10H10F2N2O3S. The summed E-state index contributed by atoms with van der Waals surface area (Å²) in [5, 5.41) is 0. The van der Waals surface area contributed by atoms with Crippen molar-refractivity contribution < 1.29 is 22.0 Å². The summed E-state index contributed by atoms with van der Waals surface area (Å²) in [6.07, 6.45) is 0.961. The molecule has 0 aliphatic carbocycles. The summed E-state index contributed by atoms with van der Waals surface area (Å²) < 4.78 is 52.9. The average molecular weight is 276 g/mol. The van der Waals surface area contributed by atoms with Gasteiger partial charge in [0.1, 0.15) is 18.0 Å². The number of halogens is 2. The topological polar surface area (TPSA) is 66.8 Å². The first kappa shape index (κ1) is 14.2. The van der Waals surface area contributed by atoms with Gasteiger partial charge >= 0.3 is 0 Å². The molecule has 0 atom stereocenters. The molecule has 0 fully saturated rings. The summed E-state index contributed by atoms with van der Waals surface area (Å²) in [5.74, 6) is -2.49. The third-order valence-electron chi connectivity index (χ3n) is 1.89. The largest absolute Gasteiger partial charge is 0.368 e. The minimum Gasteiger partial charge on any atom is -0.368 e. The lowest BCUT2D eigenvalue weighted by molar-refractivity contribution is 0.111. The van der Waals surface area contributed by atoms with Gasteiger partial charge in [0, 0.05) is 14.1 Å². The minimum absolute atomic E-state index is 0.0237. The normalized spacial score (nSPS) is 11.8. The van der Waals surface area contributed by atoms with E-state index in [9.17, 15) is 22.0 Å². The van der Waals surface area contributed by atoms with Crippen LogP contribution in [-0.2, 0) is 10.0 Å². The SMILES string of the molecule is CN(C)/C=N\S(=O)(=O)c1cc(F)c(C=O)c(F)c1. The Morgan fingerprint density at radius 1 is 1.22 bits per heavy atom. The fourth-order valence-electron chi connectivity index (χ4n) is 1.04. The fraction of sp³-hybridized carbons (Fsp3) is 0.200. The van der Waals surface area contributed by atoms with Crippen molar-refractivity contribution in [3.8, 4) is 0 Å². The van der Waals surface area contributed by atoms with Gasteiger partial charge in [0.15, 0.2) is 6.29 Å². The highest BCUT2D eigenvalue weighted by molar-refractivity contribution is 7.90. The molecule has 0 aliphatic rings. The molecule has 1 aromatic rings. The lowest BCUT2D eigenvalue weighted by Crippen LogP contribution is -2.10. The van der Waals surface area contributed by atoms with E-state index in [2.05, 4.69) is 4.40 Å². The Balaban J connectivity index is 3.31. The van der Waals surface area contributed by atoms with Crippen molar-refractivity contribution in [2.24, 2.45) is 4.40 Å². The lowest BCUT2D eigenvalue weighted by Gasteiger charge is -2.04. The van der Waals surface area contributed by atoms with E-state index < -0.39 is 32.1 Å². The number of benzene rings is 1. The number of rotatable bonds is 4. The van der Waals surface area contributed by atoms with Crippen LogP contribution in [0.2, 0.25) is 0 Å². The van der Waals surface area contributed by atoms with Crippen LogP contribution >= 0.6 is 0 Å². The highest BCUT2D eigenvalue weighted by Gasteiger charge is 2.18. The van der Waals surface area contributed by atoms with Gasteiger partial charge in [0.05, 0.1) is 10.5 Å². The second-order valence-electron chi connectivity index (χ2n) is 3.58. The van der Waals surface area contributed by atoms with Crippen LogP contribution in [0.3, 0.4) is 0 Å². The van der Waals surface area contributed by atoms with Crippen molar-refractivity contribution >= 4 is 22.6 Å². The molecule has 1 rings (SSSR count). The summed E-state index contributed by atoms with van der Waals surface area (Å²) in [6, 6.07) is 1.10. The van der Waals surface area contributed by atoms with Crippen LogP contribution in [0.1, 0.15) is 10.4 Å². The van der Waals surface area contributed by atoms with Gasteiger partial charge in [0.25, 0.3) is 10.0 Å². The average Bonchev–Trinajstić information content (AvgIpc) is 2.26. The molecule has 0 saturated carbocycles. The Kier molecular flexibility index (Phi) is 4.12. The highest BCUT2D eigenvalue weighted by Crippen LogP contribution is 2.19. The zero-order valence-corrected chi connectivity index (χ0v) is 10.4. The first-order chi connectivity index (χ1) is 8.27. The Bertz CT molecular complexity index is 574. The van der Waals surface area contributed by atoms with Crippen LogP contribution in [0.5, 0.6) is 0 Å². The summed E-state index contributed by atoms with van der Waals surface area (Å²) in [7, 11) is -1.12. The fourth-order valence-corrected chi connectivity index (χ4v) is 1.98. The van der Waals surface area contributed by atoms with Gasteiger partial charge in [0.2, 0.25) is 0 Å².